The maximum atomic E-state index is 3.67. The van der Waals surface area contributed by atoms with E-state index in [2.05, 4.69) is 37.9 Å². The van der Waals surface area contributed by atoms with Crippen LogP contribution in [-0.4, -0.2) is 36.1 Å². The van der Waals surface area contributed by atoms with E-state index in [1.165, 1.54) is 45.2 Å². The Morgan fingerprint density at radius 1 is 1.06 bits per heavy atom. The molecular formula is C16H32N2. The molecule has 1 aliphatic carbocycles. The summed E-state index contributed by atoms with van der Waals surface area (Å²) in [6.45, 7) is 12.0. The Morgan fingerprint density at radius 2 is 1.83 bits per heavy atom. The van der Waals surface area contributed by atoms with Crippen LogP contribution in [0.25, 0.3) is 0 Å². The van der Waals surface area contributed by atoms with Gasteiger partial charge in [-0.3, -0.25) is 4.90 Å². The normalized spacial score (nSPS) is 39.8. The van der Waals surface area contributed by atoms with E-state index in [0.29, 0.717) is 6.04 Å². The highest BCUT2D eigenvalue weighted by Crippen LogP contribution is 2.29. The predicted octanol–water partition coefficient (Wildman–Crippen LogP) is 3.27. The molecular weight excluding hydrogens is 220 g/mol. The van der Waals surface area contributed by atoms with Crippen LogP contribution in [0.1, 0.15) is 59.8 Å². The van der Waals surface area contributed by atoms with Gasteiger partial charge in [0.15, 0.2) is 0 Å². The highest BCUT2D eigenvalue weighted by Gasteiger charge is 2.33. The van der Waals surface area contributed by atoms with Crippen LogP contribution in [0.15, 0.2) is 0 Å². The number of nitrogens with one attached hydrogen (secondary N) is 1. The van der Waals surface area contributed by atoms with Crippen LogP contribution in [0.3, 0.4) is 0 Å². The van der Waals surface area contributed by atoms with Gasteiger partial charge in [0.05, 0.1) is 0 Å². The van der Waals surface area contributed by atoms with E-state index in [4.69, 9.17) is 0 Å². The predicted molar refractivity (Wildman–Crippen MR) is 78.8 cm³/mol. The lowest BCUT2D eigenvalue weighted by Crippen LogP contribution is -2.60. The minimum absolute atomic E-state index is 0.667. The van der Waals surface area contributed by atoms with Crippen molar-refractivity contribution < 1.29 is 0 Å². The summed E-state index contributed by atoms with van der Waals surface area (Å²) in [6, 6.07) is 2.27. The maximum absolute atomic E-state index is 3.67. The average Bonchev–Trinajstić information content (AvgIpc) is 2.53. The summed E-state index contributed by atoms with van der Waals surface area (Å²) < 4.78 is 0. The van der Waals surface area contributed by atoms with Gasteiger partial charge in [0.1, 0.15) is 0 Å². The van der Waals surface area contributed by atoms with Crippen molar-refractivity contribution in [1.82, 2.24) is 10.2 Å². The molecule has 0 amide bonds. The van der Waals surface area contributed by atoms with Gasteiger partial charge in [-0.1, -0.05) is 33.6 Å². The molecule has 1 saturated heterocycles. The van der Waals surface area contributed by atoms with Crippen molar-refractivity contribution in [2.24, 2.45) is 11.8 Å². The summed E-state index contributed by atoms with van der Waals surface area (Å²) in [6.07, 6.45) is 7.19. The third kappa shape index (κ3) is 3.48. The molecule has 2 fully saturated rings. The third-order valence-corrected chi connectivity index (χ3v) is 5.05. The van der Waals surface area contributed by atoms with Gasteiger partial charge in [0.25, 0.3) is 0 Å². The molecule has 1 aliphatic heterocycles. The zero-order valence-corrected chi connectivity index (χ0v) is 12.8. The maximum Gasteiger partial charge on any atom is 0.0247 e. The lowest BCUT2D eigenvalue weighted by atomic mass is 9.94. The van der Waals surface area contributed by atoms with E-state index in [9.17, 15) is 0 Å². The number of hydrogen-bond donors (Lipinski definition) is 1. The molecule has 4 unspecified atom stereocenters. The molecule has 106 valence electrons. The monoisotopic (exact) mass is 252 g/mol. The van der Waals surface area contributed by atoms with Gasteiger partial charge in [-0.2, -0.15) is 0 Å². The minimum atomic E-state index is 0.667. The van der Waals surface area contributed by atoms with Crippen molar-refractivity contribution in [3.63, 3.8) is 0 Å². The molecule has 2 rings (SSSR count). The van der Waals surface area contributed by atoms with Gasteiger partial charge in [-0.05, 0) is 38.0 Å². The van der Waals surface area contributed by atoms with Gasteiger partial charge in [-0.15, -0.1) is 0 Å². The summed E-state index contributed by atoms with van der Waals surface area (Å²) in [4.78, 5) is 2.85. The zero-order chi connectivity index (χ0) is 13.1. The van der Waals surface area contributed by atoms with Gasteiger partial charge >= 0.3 is 0 Å². The van der Waals surface area contributed by atoms with E-state index < -0.39 is 0 Å². The summed E-state index contributed by atoms with van der Waals surface area (Å²) in [5, 5.41) is 3.67. The van der Waals surface area contributed by atoms with E-state index in [-0.39, 0.29) is 0 Å². The molecule has 1 heterocycles. The van der Waals surface area contributed by atoms with Crippen molar-refractivity contribution in [3.05, 3.63) is 0 Å². The highest BCUT2D eigenvalue weighted by molar-refractivity contribution is 4.90. The van der Waals surface area contributed by atoms with E-state index in [1.54, 1.807) is 0 Å². The van der Waals surface area contributed by atoms with Crippen LogP contribution >= 0.6 is 0 Å². The lowest BCUT2D eigenvalue weighted by Gasteiger charge is -2.45. The summed E-state index contributed by atoms with van der Waals surface area (Å²) in [7, 11) is 0. The van der Waals surface area contributed by atoms with E-state index in [1.807, 2.05) is 0 Å². The number of nitrogens with zero attached hydrogens (tertiary/aromatic N) is 1. The smallest absolute Gasteiger partial charge is 0.0247 e. The highest BCUT2D eigenvalue weighted by atomic mass is 15.3. The third-order valence-electron chi connectivity index (χ3n) is 5.05. The second kappa shape index (κ2) is 6.38. The SMILES string of the molecule is CC1CCCC(N2CC(C)NCC2C(C)C)CC1. The summed E-state index contributed by atoms with van der Waals surface area (Å²) >= 11 is 0. The number of rotatable bonds is 2. The first-order valence-electron chi connectivity index (χ1n) is 8.07. The van der Waals surface area contributed by atoms with Crippen LogP contribution in [0, 0.1) is 11.8 Å². The molecule has 0 aromatic carbocycles. The number of piperazine rings is 1. The largest absolute Gasteiger partial charge is 0.311 e. The molecule has 0 spiro atoms. The second-order valence-corrected chi connectivity index (χ2v) is 7.08. The fraction of sp³-hybridized carbons (Fsp3) is 1.00. The molecule has 2 heteroatoms. The topological polar surface area (TPSA) is 15.3 Å². The van der Waals surface area contributed by atoms with Crippen molar-refractivity contribution in [1.29, 1.82) is 0 Å². The molecule has 0 aromatic rings. The summed E-state index contributed by atoms with van der Waals surface area (Å²) in [5.41, 5.74) is 0. The van der Waals surface area contributed by atoms with E-state index in [0.717, 1.165) is 23.9 Å². The van der Waals surface area contributed by atoms with Crippen LogP contribution in [0.4, 0.5) is 0 Å². The van der Waals surface area contributed by atoms with Crippen LogP contribution in [0.2, 0.25) is 0 Å². The standard InChI is InChI=1S/C16H32N2/c1-12(2)16-10-17-14(4)11-18(16)15-7-5-6-13(3)8-9-15/h12-17H,5-11H2,1-4H3. The van der Waals surface area contributed by atoms with Crippen molar-refractivity contribution >= 4 is 0 Å². The zero-order valence-electron chi connectivity index (χ0n) is 12.8. The lowest BCUT2D eigenvalue weighted by molar-refractivity contribution is 0.0517. The molecule has 1 saturated carbocycles. The molecule has 4 atom stereocenters. The minimum Gasteiger partial charge on any atom is -0.311 e. The molecule has 2 aliphatic rings. The Kier molecular flexibility index (Phi) is 5.08. The van der Waals surface area contributed by atoms with Crippen molar-refractivity contribution in [3.8, 4) is 0 Å². The Balaban J connectivity index is 2.02. The van der Waals surface area contributed by atoms with Crippen LogP contribution < -0.4 is 5.32 Å². The van der Waals surface area contributed by atoms with Gasteiger partial charge in [0.2, 0.25) is 0 Å². The average molecular weight is 252 g/mol. The summed E-state index contributed by atoms with van der Waals surface area (Å²) in [5.74, 6) is 1.72. The molecule has 1 N–H and O–H groups in total. The molecule has 0 radical (unpaired) electrons. The Hall–Kier alpha value is -0.0800. The Labute approximate surface area is 114 Å². The number of hydrogen-bond acceptors (Lipinski definition) is 2. The van der Waals surface area contributed by atoms with E-state index >= 15 is 0 Å². The van der Waals surface area contributed by atoms with Crippen molar-refractivity contribution in [2.75, 3.05) is 13.1 Å². The van der Waals surface area contributed by atoms with Crippen molar-refractivity contribution in [2.45, 2.75) is 77.9 Å². The second-order valence-electron chi connectivity index (χ2n) is 7.08. The van der Waals surface area contributed by atoms with Gasteiger partial charge in [0, 0.05) is 31.2 Å². The van der Waals surface area contributed by atoms with Crippen LogP contribution in [0.5, 0.6) is 0 Å². The van der Waals surface area contributed by atoms with Gasteiger partial charge < -0.3 is 5.32 Å². The first kappa shape index (κ1) is 14.3. The molecule has 0 bridgehead atoms. The molecule has 18 heavy (non-hydrogen) atoms. The fourth-order valence-electron chi connectivity index (χ4n) is 3.79. The Morgan fingerprint density at radius 3 is 2.56 bits per heavy atom. The molecule has 2 nitrogen and oxygen atoms in total. The Bertz CT molecular complexity index is 251. The fourth-order valence-corrected chi connectivity index (χ4v) is 3.79. The molecule has 0 aromatic heterocycles. The quantitative estimate of drug-likeness (QED) is 0.759. The first-order valence-corrected chi connectivity index (χ1v) is 8.07. The van der Waals surface area contributed by atoms with Crippen LogP contribution in [-0.2, 0) is 0 Å². The van der Waals surface area contributed by atoms with Gasteiger partial charge in [-0.25, -0.2) is 0 Å². The first-order chi connectivity index (χ1) is 8.58.